The molecule has 3 N–H and O–H groups in total. The fourth-order valence-electron chi connectivity index (χ4n) is 1.72. The van der Waals surface area contributed by atoms with E-state index >= 15 is 0 Å². The van der Waals surface area contributed by atoms with Gasteiger partial charge in [-0.1, -0.05) is 17.3 Å². The quantitative estimate of drug-likeness (QED) is 0.775. The molecule has 1 aromatic heterocycles. The van der Waals surface area contributed by atoms with Gasteiger partial charge in [0, 0.05) is 18.4 Å². The van der Waals surface area contributed by atoms with Crippen molar-refractivity contribution in [2.24, 2.45) is 0 Å². The summed E-state index contributed by atoms with van der Waals surface area (Å²) in [6.07, 6.45) is 0. The molecule has 1 aromatic carbocycles. The number of hydrogen-bond acceptors (Lipinski definition) is 5. The highest BCUT2D eigenvalue weighted by Gasteiger charge is 2.20. The molecule has 0 radical (unpaired) electrons. The Labute approximate surface area is 109 Å². The number of nitrogen functional groups attached to an aromatic ring is 1. The second-order valence-electron chi connectivity index (χ2n) is 3.93. The van der Waals surface area contributed by atoms with Crippen LogP contribution < -0.4 is 5.73 Å². The lowest BCUT2D eigenvalue weighted by atomic mass is 10.1. The molecule has 0 spiro atoms. The first-order valence-electron chi connectivity index (χ1n) is 5.65. The molecule has 7 nitrogen and oxygen atoms in total. The molecule has 0 amide bonds. The lowest BCUT2D eigenvalue weighted by Crippen LogP contribution is -2.09. The number of benzene rings is 1. The number of aromatic nitrogens is 3. The normalized spacial score (nSPS) is 10.6. The van der Waals surface area contributed by atoms with Crippen LogP contribution in [0.25, 0.3) is 11.3 Å². The van der Waals surface area contributed by atoms with Crippen molar-refractivity contribution in [1.82, 2.24) is 15.0 Å². The second kappa shape index (κ2) is 5.49. The van der Waals surface area contributed by atoms with Gasteiger partial charge in [0.15, 0.2) is 5.69 Å². The molecule has 0 aliphatic carbocycles. The minimum Gasteiger partial charge on any atom is -0.476 e. The van der Waals surface area contributed by atoms with Crippen LogP contribution in [-0.4, -0.2) is 39.8 Å². The summed E-state index contributed by atoms with van der Waals surface area (Å²) in [5.74, 6) is -1.12. The fourth-order valence-corrected chi connectivity index (χ4v) is 1.72. The highest BCUT2D eigenvalue weighted by molar-refractivity contribution is 5.92. The Balaban J connectivity index is 2.47. The first-order valence-corrected chi connectivity index (χ1v) is 5.65. The molecule has 0 saturated carbocycles. The summed E-state index contributed by atoms with van der Waals surface area (Å²) in [4.78, 5) is 11.2. The molecule has 1 heterocycles. The lowest BCUT2D eigenvalue weighted by molar-refractivity contribution is 0.0691. The number of methoxy groups -OCH3 is 1. The summed E-state index contributed by atoms with van der Waals surface area (Å²) in [7, 11) is 1.57. The summed E-state index contributed by atoms with van der Waals surface area (Å²) in [5, 5.41) is 16.7. The predicted octanol–water partition coefficient (Wildman–Crippen LogP) is 0.872. The Hall–Kier alpha value is -2.41. The van der Waals surface area contributed by atoms with Crippen LogP contribution in [0.2, 0.25) is 0 Å². The monoisotopic (exact) mass is 262 g/mol. The van der Waals surface area contributed by atoms with Gasteiger partial charge in [-0.15, -0.1) is 5.10 Å². The number of ether oxygens (including phenoxy) is 1. The molecule has 0 aliphatic rings. The largest absolute Gasteiger partial charge is 0.476 e. The molecule has 0 aliphatic heterocycles. The van der Waals surface area contributed by atoms with Crippen molar-refractivity contribution < 1.29 is 14.6 Å². The Bertz CT molecular complexity index is 577. The smallest absolute Gasteiger partial charge is 0.358 e. The van der Waals surface area contributed by atoms with E-state index in [1.54, 1.807) is 31.4 Å². The maximum Gasteiger partial charge on any atom is 0.358 e. The van der Waals surface area contributed by atoms with Crippen molar-refractivity contribution in [3.05, 3.63) is 30.0 Å². The molecule has 0 unspecified atom stereocenters. The Kier molecular flexibility index (Phi) is 3.76. The maximum atomic E-state index is 11.2. The third-order valence-electron chi connectivity index (χ3n) is 2.63. The number of rotatable bonds is 5. The molecule has 0 bridgehead atoms. The van der Waals surface area contributed by atoms with Gasteiger partial charge in [0.1, 0.15) is 5.69 Å². The molecule has 0 saturated heterocycles. The number of carbonyl (C=O) groups is 1. The second-order valence-corrected chi connectivity index (χ2v) is 3.93. The Morgan fingerprint density at radius 2 is 2.11 bits per heavy atom. The first-order chi connectivity index (χ1) is 9.13. The van der Waals surface area contributed by atoms with Crippen molar-refractivity contribution >= 4 is 11.7 Å². The minimum absolute atomic E-state index is 0.0825. The van der Waals surface area contributed by atoms with Gasteiger partial charge in [0.2, 0.25) is 0 Å². The van der Waals surface area contributed by atoms with E-state index in [9.17, 15) is 4.79 Å². The van der Waals surface area contributed by atoms with Crippen molar-refractivity contribution in [1.29, 1.82) is 0 Å². The molecular formula is C12H14N4O3. The summed E-state index contributed by atoms with van der Waals surface area (Å²) < 4.78 is 6.48. The number of aromatic carboxylic acids is 1. The van der Waals surface area contributed by atoms with Crippen LogP contribution in [0.15, 0.2) is 24.3 Å². The molecule has 2 rings (SSSR count). The zero-order chi connectivity index (χ0) is 13.8. The van der Waals surface area contributed by atoms with Crippen LogP contribution in [0.4, 0.5) is 5.69 Å². The standard InChI is InChI=1S/C12H14N4O3/c1-19-7-6-16-11(10(12(17)18)14-15-16)8-2-4-9(13)5-3-8/h2-5H,6-7,13H2,1H3,(H,17,18). The van der Waals surface area contributed by atoms with E-state index in [0.717, 1.165) is 0 Å². The van der Waals surface area contributed by atoms with Crippen molar-refractivity contribution in [2.75, 3.05) is 19.5 Å². The van der Waals surface area contributed by atoms with Crippen molar-refractivity contribution in [3.63, 3.8) is 0 Å². The van der Waals surface area contributed by atoms with Gasteiger partial charge in [-0.05, 0) is 12.1 Å². The number of hydrogen-bond donors (Lipinski definition) is 2. The molecule has 100 valence electrons. The van der Waals surface area contributed by atoms with E-state index in [1.807, 2.05) is 0 Å². The number of nitrogens with zero attached hydrogens (tertiary/aromatic N) is 3. The lowest BCUT2D eigenvalue weighted by Gasteiger charge is -2.07. The molecular weight excluding hydrogens is 248 g/mol. The number of carboxylic acids is 1. The molecule has 0 atom stereocenters. The Morgan fingerprint density at radius 1 is 1.42 bits per heavy atom. The van der Waals surface area contributed by atoms with Gasteiger partial charge < -0.3 is 15.6 Å². The van der Waals surface area contributed by atoms with Gasteiger partial charge in [-0.25, -0.2) is 9.48 Å². The summed E-state index contributed by atoms with van der Waals surface area (Å²) in [6, 6.07) is 6.89. The van der Waals surface area contributed by atoms with Crippen LogP contribution in [0.3, 0.4) is 0 Å². The first kappa shape index (κ1) is 13.0. The average molecular weight is 262 g/mol. The van der Waals surface area contributed by atoms with Crippen LogP contribution >= 0.6 is 0 Å². The molecule has 0 fully saturated rings. The highest BCUT2D eigenvalue weighted by Crippen LogP contribution is 2.23. The van der Waals surface area contributed by atoms with Crippen LogP contribution in [0, 0.1) is 0 Å². The van der Waals surface area contributed by atoms with Crippen molar-refractivity contribution in [2.45, 2.75) is 6.54 Å². The topological polar surface area (TPSA) is 103 Å². The van der Waals surface area contributed by atoms with Gasteiger partial charge in [0.05, 0.1) is 13.2 Å². The van der Waals surface area contributed by atoms with Crippen molar-refractivity contribution in [3.8, 4) is 11.3 Å². The van der Waals surface area contributed by atoms with E-state index < -0.39 is 5.97 Å². The van der Waals surface area contributed by atoms with E-state index in [4.69, 9.17) is 15.6 Å². The van der Waals surface area contributed by atoms with E-state index in [1.165, 1.54) is 4.68 Å². The average Bonchev–Trinajstić information content (AvgIpc) is 2.81. The summed E-state index contributed by atoms with van der Waals surface area (Å²) >= 11 is 0. The van der Waals surface area contributed by atoms with E-state index in [-0.39, 0.29) is 5.69 Å². The summed E-state index contributed by atoms with van der Waals surface area (Å²) in [5.41, 5.74) is 7.30. The Morgan fingerprint density at radius 3 is 2.68 bits per heavy atom. The third-order valence-corrected chi connectivity index (χ3v) is 2.63. The highest BCUT2D eigenvalue weighted by atomic mass is 16.5. The number of carboxylic acid groups (broad SMARTS) is 1. The van der Waals surface area contributed by atoms with Gasteiger partial charge in [0.25, 0.3) is 0 Å². The van der Waals surface area contributed by atoms with Gasteiger partial charge in [-0.3, -0.25) is 0 Å². The third kappa shape index (κ3) is 2.71. The van der Waals surface area contributed by atoms with Gasteiger partial charge in [-0.2, -0.15) is 0 Å². The number of anilines is 1. The van der Waals surface area contributed by atoms with Crippen LogP contribution in [0.5, 0.6) is 0 Å². The van der Waals surface area contributed by atoms with Crippen LogP contribution in [0.1, 0.15) is 10.5 Å². The van der Waals surface area contributed by atoms with E-state index in [0.29, 0.717) is 30.1 Å². The van der Waals surface area contributed by atoms with Crippen LogP contribution in [-0.2, 0) is 11.3 Å². The zero-order valence-corrected chi connectivity index (χ0v) is 10.4. The predicted molar refractivity (Wildman–Crippen MR) is 68.7 cm³/mol. The molecule has 19 heavy (non-hydrogen) atoms. The fraction of sp³-hybridized carbons (Fsp3) is 0.250. The van der Waals surface area contributed by atoms with E-state index in [2.05, 4.69) is 10.3 Å². The van der Waals surface area contributed by atoms with Gasteiger partial charge >= 0.3 is 5.97 Å². The maximum absolute atomic E-state index is 11.2. The zero-order valence-electron chi connectivity index (χ0n) is 10.4. The summed E-state index contributed by atoms with van der Waals surface area (Å²) in [6.45, 7) is 0.848. The molecule has 2 aromatic rings. The number of nitrogens with two attached hydrogens (primary N) is 1. The SMILES string of the molecule is COCCn1nnc(C(=O)O)c1-c1ccc(N)cc1. The minimum atomic E-state index is -1.12. The molecule has 7 heteroatoms.